The molecule has 0 aromatic heterocycles. The van der Waals surface area contributed by atoms with Crippen LogP contribution in [0.5, 0.6) is 0 Å². The average Bonchev–Trinajstić information content (AvgIpc) is 2.41. The van der Waals surface area contributed by atoms with Gasteiger partial charge in [0.15, 0.2) is 0 Å². The highest BCUT2D eigenvalue weighted by atomic mass is 16.1. The molecule has 0 bridgehead atoms. The van der Waals surface area contributed by atoms with Crippen LogP contribution in [-0.2, 0) is 4.79 Å². The van der Waals surface area contributed by atoms with Gasteiger partial charge >= 0.3 is 0 Å². The van der Waals surface area contributed by atoms with E-state index in [9.17, 15) is 4.79 Å². The number of Topliss-reactive ketones (excluding diaryl/α,β-unsaturated/α-hetero) is 1. The highest BCUT2D eigenvalue weighted by Gasteiger charge is 2.47. The molecule has 4 atom stereocenters. The van der Waals surface area contributed by atoms with Crippen molar-refractivity contribution in [1.82, 2.24) is 0 Å². The van der Waals surface area contributed by atoms with Crippen molar-refractivity contribution in [2.24, 2.45) is 29.1 Å². The van der Waals surface area contributed by atoms with E-state index in [1.165, 1.54) is 25.7 Å². The van der Waals surface area contributed by atoms with Gasteiger partial charge in [-0.1, -0.05) is 20.8 Å². The van der Waals surface area contributed by atoms with Crippen LogP contribution in [0.4, 0.5) is 0 Å². The molecule has 0 N–H and O–H groups in total. The first-order valence-corrected chi connectivity index (χ1v) is 6.42. The molecule has 15 heavy (non-hydrogen) atoms. The summed E-state index contributed by atoms with van der Waals surface area (Å²) in [4.78, 5) is 11.6. The molecular formula is C14H24O. The third-order valence-electron chi connectivity index (χ3n) is 5.12. The zero-order valence-electron chi connectivity index (χ0n) is 10.5. The van der Waals surface area contributed by atoms with Crippen molar-refractivity contribution < 1.29 is 4.79 Å². The van der Waals surface area contributed by atoms with Crippen LogP contribution in [0, 0.1) is 29.1 Å². The zero-order chi connectivity index (χ0) is 11.2. The van der Waals surface area contributed by atoms with Crippen LogP contribution in [0.1, 0.15) is 53.4 Å². The fraction of sp³-hybridized carbons (Fsp3) is 0.929. The van der Waals surface area contributed by atoms with Crippen LogP contribution >= 0.6 is 0 Å². The van der Waals surface area contributed by atoms with Gasteiger partial charge in [0.05, 0.1) is 0 Å². The Morgan fingerprint density at radius 1 is 1.27 bits per heavy atom. The van der Waals surface area contributed by atoms with Crippen molar-refractivity contribution in [1.29, 1.82) is 0 Å². The number of carbonyl (C=O) groups excluding carboxylic acids is 1. The first-order chi connectivity index (χ1) is 6.92. The Balaban J connectivity index is 2.13. The summed E-state index contributed by atoms with van der Waals surface area (Å²) in [5.74, 6) is 3.11. The van der Waals surface area contributed by atoms with Crippen molar-refractivity contribution in [3.63, 3.8) is 0 Å². The lowest BCUT2D eigenvalue weighted by atomic mass is 9.64. The second kappa shape index (κ2) is 3.61. The molecule has 0 spiro atoms. The minimum Gasteiger partial charge on any atom is -0.300 e. The quantitative estimate of drug-likeness (QED) is 0.642. The Morgan fingerprint density at radius 2 is 1.93 bits per heavy atom. The fourth-order valence-electron chi connectivity index (χ4n) is 4.07. The van der Waals surface area contributed by atoms with E-state index in [0.29, 0.717) is 23.0 Å². The maximum atomic E-state index is 11.6. The lowest BCUT2D eigenvalue weighted by Gasteiger charge is -2.40. The average molecular weight is 208 g/mol. The maximum absolute atomic E-state index is 11.6. The highest BCUT2D eigenvalue weighted by molar-refractivity contribution is 5.78. The molecule has 1 heteroatoms. The lowest BCUT2D eigenvalue weighted by molar-refractivity contribution is -0.124. The number of ketones is 1. The van der Waals surface area contributed by atoms with Crippen LogP contribution in [0.15, 0.2) is 0 Å². The SMILES string of the molecule is CC(=O)C1CC2CCC(C)(C)C2CC1C. The summed E-state index contributed by atoms with van der Waals surface area (Å²) in [6, 6.07) is 0. The topological polar surface area (TPSA) is 17.1 Å². The summed E-state index contributed by atoms with van der Waals surface area (Å²) in [5, 5.41) is 0. The van der Waals surface area contributed by atoms with Gasteiger partial charge in [0.25, 0.3) is 0 Å². The zero-order valence-corrected chi connectivity index (χ0v) is 10.5. The van der Waals surface area contributed by atoms with Gasteiger partial charge in [-0.15, -0.1) is 0 Å². The number of hydrogen-bond donors (Lipinski definition) is 0. The summed E-state index contributed by atoms with van der Waals surface area (Å²) in [6.07, 6.45) is 5.17. The molecule has 0 heterocycles. The third-order valence-corrected chi connectivity index (χ3v) is 5.12. The number of carbonyl (C=O) groups is 1. The molecule has 0 aromatic carbocycles. The van der Waals surface area contributed by atoms with Gasteiger partial charge < -0.3 is 0 Å². The van der Waals surface area contributed by atoms with Crippen LogP contribution < -0.4 is 0 Å². The van der Waals surface area contributed by atoms with E-state index >= 15 is 0 Å². The monoisotopic (exact) mass is 208 g/mol. The number of hydrogen-bond acceptors (Lipinski definition) is 1. The molecule has 4 unspecified atom stereocenters. The van der Waals surface area contributed by atoms with E-state index < -0.39 is 0 Å². The molecule has 86 valence electrons. The second-order valence-electron chi connectivity index (χ2n) is 6.56. The van der Waals surface area contributed by atoms with Crippen LogP contribution in [-0.4, -0.2) is 5.78 Å². The van der Waals surface area contributed by atoms with Gasteiger partial charge in [-0.3, -0.25) is 4.79 Å². The molecule has 0 saturated heterocycles. The standard InChI is InChI=1S/C14H24O/c1-9-7-13-11(5-6-14(13,3)4)8-12(9)10(2)15/h9,11-13H,5-8H2,1-4H3. The molecule has 0 amide bonds. The van der Waals surface area contributed by atoms with Crippen LogP contribution in [0.25, 0.3) is 0 Å². The predicted octanol–water partition coefficient (Wildman–Crippen LogP) is 3.67. The molecule has 0 aliphatic heterocycles. The van der Waals surface area contributed by atoms with E-state index in [0.717, 1.165) is 11.8 Å². The Labute approximate surface area is 93.6 Å². The Morgan fingerprint density at radius 3 is 2.53 bits per heavy atom. The summed E-state index contributed by atoms with van der Waals surface area (Å²) in [6.45, 7) is 8.88. The van der Waals surface area contributed by atoms with Gasteiger partial charge in [-0.05, 0) is 55.8 Å². The first kappa shape index (κ1) is 11.2. The first-order valence-electron chi connectivity index (χ1n) is 6.42. The van der Waals surface area contributed by atoms with Gasteiger partial charge in [-0.25, -0.2) is 0 Å². The Kier molecular flexibility index (Phi) is 2.68. The predicted molar refractivity (Wildman–Crippen MR) is 62.6 cm³/mol. The van der Waals surface area contributed by atoms with Crippen molar-refractivity contribution in [3.8, 4) is 0 Å². The van der Waals surface area contributed by atoms with Crippen molar-refractivity contribution in [2.75, 3.05) is 0 Å². The summed E-state index contributed by atoms with van der Waals surface area (Å²) in [7, 11) is 0. The van der Waals surface area contributed by atoms with Gasteiger partial charge in [0.2, 0.25) is 0 Å². The second-order valence-corrected chi connectivity index (χ2v) is 6.56. The molecule has 0 aromatic rings. The van der Waals surface area contributed by atoms with E-state index in [4.69, 9.17) is 0 Å². The molecule has 2 aliphatic rings. The normalized spacial score (nSPS) is 43.7. The molecule has 2 saturated carbocycles. The lowest BCUT2D eigenvalue weighted by Crippen LogP contribution is -2.35. The molecule has 1 nitrogen and oxygen atoms in total. The molecule has 2 aliphatic carbocycles. The molecular weight excluding hydrogens is 184 g/mol. The fourth-order valence-corrected chi connectivity index (χ4v) is 4.07. The van der Waals surface area contributed by atoms with Crippen molar-refractivity contribution in [3.05, 3.63) is 0 Å². The van der Waals surface area contributed by atoms with Crippen molar-refractivity contribution in [2.45, 2.75) is 53.4 Å². The number of rotatable bonds is 1. The third kappa shape index (κ3) is 1.86. The van der Waals surface area contributed by atoms with E-state index in [1.807, 2.05) is 0 Å². The smallest absolute Gasteiger partial charge is 0.133 e. The summed E-state index contributed by atoms with van der Waals surface area (Å²) < 4.78 is 0. The highest BCUT2D eigenvalue weighted by Crippen LogP contribution is 2.55. The Hall–Kier alpha value is -0.330. The Bertz CT molecular complexity index is 267. The van der Waals surface area contributed by atoms with Gasteiger partial charge in [0, 0.05) is 5.92 Å². The van der Waals surface area contributed by atoms with E-state index in [2.05, 4.69) is 20.8 Å². The summed E-state index contributed by atoms with van der Waals surface area (Å²) >= 11 is 0. The van der Waals surface area contributed by atoms with E-state index in [1.54, 1.807) is 6.92 Å². The molecule has 0 radical (unpaired) electrons. The minimum absolute atomic E-state index is 0.361. The maximum Gasteiger partial charge on any atom is 0.133 e. The van der Waals surface area contributed by atoms with Crippen molar-refractivity contribution >= 4 is 5.78 Å². The minimum atomic E-state index is 0.361. The summed E-state index contributed by atoms with van der Waals surface area (Å²) in [5.41, 5.74) is 0.528. The number of fused-ring (bicyclic) bond motifs is 1. The van der Waals surface area contributed by atoms with Crippen LogP contribution in [0.2, 0.25) is 0 Å². The largest absolute Gasteiger partial charge is 0.300 e. The van der Waals surface area contributed by atoms with Gasteiger partial charge in [-0.2, -0.15) is 0 Å². The molecule has 2 fully saturated rings. The van der Waals surface area contributed by atoms with Crippen LogP contribution in [0.3, 0.4) is 0 Å². The molecule has 2 rings (SSSR count). The van der Waals surface area contributed by atoms with E-state index in [-0.39, 0.29) is 0 Å². The van der Waals surface area contributed by atoms with Gasteiger partial charge in [0.1, 0.15) is 5.78 Å².